The molecule has 0 aliphatic heterocycles. The van der Waals surface area contributed by atoms with Gasteiger partial charge in [0.2, 0.25) is 0 Å². The standard InChI is InChI=1S/2C25H19O.C2H6Si.2ClH.Zr/c2*1-16-10-12-19-14-20(24-13-11-17(2)26-24)15-23(19)25(16)22-9-5-7-18-6-3-4-8-21(18)22;1-3-2;;;/h2*3-15H,1-2H3;1-2H3;2*1H;/q;;;;;+2/p-2. The fraction of sp³-hybridized carbons (Fsp3) is 0.154. The molecule has 0 spiro atoms. The molecule has 2 heterocycles. The number of furan rings is 2. The van der Waals surface area contributed by atoms with Gasteiger partial charge in [-0.25, -0.2) is 0 Å². The van der Waals surface area contributed by atoms with Crippen molar-refractivity contribution in [3.05, 3.63) is 190 Å². The van der Waals surface area contributed by atoms with Crippen molar-refractivity contribution < 1.29 is 23.8 Å². The van der Waals surface area contributed by atoms with Crippen LogP contribution in [0.5, 0.6) is 0 Å². The molecule has 6 aromatic carbocycles. The maximum atomic E-state index is 9.02. The summed E-state index contributed by atoms with van der Waals surface area (Å²) in [6.45, 7) is 13.2. The van der Waals surface area contributed by atoms with Gasteiger partial charge in [0, 0.05) is 0 Å². The first-order chi connectivity index (χ1) is 27.9. The Morgan fingerprint density at radius 3 is 1.29 bits per heavy atom. The summed E-state index contributed by atoms with van der Waals surface area (Å²) < 4.78 is 12.7. The third-order valence-electron chi connectivity index (χ3n) is 13.0. The molecule has 6 heteroatoms. The van der Waals surface area contributed by atoms with Crippen LogP contribution in [0, 0.1) is 27.7 Å². The van der Waals surface area contributed by atoms with E-state index in [9.17, 15) is 0 Å². The number of fused-ring (bicyclic) bond motifs is 4. The molecular formula is C52H44Cl2O2SiZr. The van der Waals surface area contributed by atoms with Crippen molar-refractivity contribution in [1.29, 1.82) is 0 Å². The van der Waals surface area contributed by atoms with Gasteiger partial charge in [0.1, 0.15) is 0 Å². The molecule has 0 amide bonds. The van der Waals surface area contributed by atoms with Crippen LogP contribution in [-0.2, 0) is 15.0 Å². The average Bonchev–Trinajstić information content (AvgIpc) is 4.03. The van der Waals surface area contributed by atoms with E-state index in [0.29, 0.717) is 0 Å². The summed E-state index contributed by atoms with van der Waals surface area (Å²) in [5.74, 6) is 3.40. The van der Waals surface area contributed by atoms with Crippen molar-refractivity contribution >= 4 is 67.3 Å². The van der Waals surface area contributed by atoms with Crippen molar-refractivity contribution in [2.75, 3.05) is 0 Å². The Hall–Kier alpha value is -4.44. The molecule has 58 heavy (non-hydrogen) atoms. The van der Waals surface area contributed by atoms with Gasteiger partial charge in [0.05, 0.1) is 0 Å². The van der Waals surface area contributed by atoms with E-state index >= 15 is 0 Å². The summed E-state index contributed by atoms with van der Waals surface area (Å²) in [6, 6.07) is 48.1. The quantitative estimate of drug-likeness (QED) is 0.156. The van der Waals surface area contributed by atoms with Crippen LogP contribution in [-0.4, -0.2) is 5.43 Å². The normalized spacial score (nSPS) is 16.4. The molecule has 0 N–H and O–H groups in total. The molecule has 0 saturated carbocycles. The van der Waals surface area contributed by atoms with Crippen molar-refractivity contribution in [1.82, 2.24) is 0 Å². The zero-order chi connectivity index (χ0) is 40.1. The van der Waals surface area contributed by atoms with E-state index in [4.69, 9.17) is 25.9 Å². The molecule has 8 aromatic rings. The fourth-order valence-corrected chi connectivity index (χ4v) is 37.9. The van der Waals surface area contributed by atoms with Crippen LogP contribution >= 0.6 is 17.0 Å². The Kier molecular flexibility index (Phi) is 9.01. The molecule has 2 atom stereocenters. The van der Waals surface area contributed by atoms with Gasteiger partial charge in [-0.05, 0) is 0 Å². The van der Waals surface area contributed by atoms with E-state index in [1.165, 1.54) is 77.2 Å². The van der Waals surface area contributed by atoms with Crippen LogP contribution < -0.4 is 0 Å². The number of hydrogen-bond donors (Lipinski definition) is 0. The second-order valence-electron chi connectivity index (χ2n) is 16.6. The average molecular weight is 891 g/mol. The van der Waals surface area contributed by atoms with E-state index < -0.39 is 20.4 Å². The van der Waals surface area contributed by atoms with E-state index in [-0.39, 0.29) is 7.25 Å². The van der Waals surface area contributed by atoms with Gasteiger partial charge >= 0.3 is 351 Å². The number of aryl methyl sites for hydroxylation is 4. The molecule has 2 nitrogen and oxygen atoms in total. The Morgan fingerprint density at radius 2 is 0.897 bits per heavy atom. The SMILES string of the molecule is Cc1ccc(C2=Cc3c(ccc(C)c3-c3cccc4ccccc34)[CH]2[Zr]([Cl])([Cl])([CH]2C(c3ccc(C)o3)=Cc3c2ccc(C)c3-c2cccc3ccccc23)=[Si](C)C)o1. The van der Waals surface area contributed by atoms with E-state index in [0.717, 1.165) is 34.2 Å². The summed E-state index contributed by atoms with van der Waals surface area (Å²) in [5, 5.41) is 4.89. The van der Waals surface area contributed by atoms with Crippen LogP contribution in [0.4, 0.5) is 0 Å². The Labute approximate surface area is 348 Å². The molecule has 0 saturated heterocycles. The van der Waals surface area contributed by atoms with E-state index in [2.05, 4.69) is 173 Å². The third kappa shape index (κ3) is 5.59. The van der Waals surface area contributed by atoms with Crippen molar-refractivity contribution in [2.24, 2.45) is 0 Å². The van der Waals surface area contributed by atoms with Crippen molar-refractivity contribution in [2.45, 2.75) is 48.0 Å². The first-order valence-corrected chi connectivity index (χ1v) is 35.5. The molecule has 0 fully saturated rings. The minimum absolute atomic E-state index is 0.249. The zero-order valence-corrected chi connectivity index (χ0v) is 38.6. The molecule has 2 aromatic heterocycles. The van der Waals surface area contributed by atoms with Gasteiger partial charge in [0.25, 0.3) is 0 Å². The summed E-state index contributed by atoms with van der Waals surface area (Å²) in [7, 11) is 18.0. The minimum atomic E-state index is -5.44. The molecule has 2 aliphatic rings. The monoisotopic (exact) mass is 888 g/mol. The number of halogens is 2. The number of rotatable bonds is 6. The summed E-state index contributed by atoms with van der Waals surface area (Å²) in [4.78, 5) is 0. The van der Waals surface area contributed by atoms with E-state index in [1.54, 1.807) is 0 Å². The second-order valence-corrected chi connectivity index (χ2v) is 55.4. The topological polar surface area (TPSA) is 26.3 Å². The molecular weight excluding hydrogens is 847 g/mol. The molecule has 2 aliphatic carbocycles. The van der Waals surface area contributed by atoms with Crippen molar-refractivity contribution in [3.63, 3.8) is 0 Å². The Bertz CT molecular complexity index is 2950. The van der Waals surface area contributed by atoms with Crippen LogP contribution in [0.1, 0.15) is 63.7 Å². The number of benzene rings is 6. The summed E-state index contributed by atoms with van der Waals surface area (Å²) in [6.07, 6.45) is 4.75. The molecule has 286 valence electrons. The van der Waals surface area contributed by atoms with E-state index in [1.807, 2.05) is 13.8 Å². The first-order valence-electron chi connectivity index (χ1n) is 20.1. The number of allylic oxidation sites excluding steroid dienone is 2. The Balaban J connectivity index is 1.29. The molecule has 10 rings (SSSR count). The summed E-state index contributed by atoms with van der Waals surface area (Å²) >= 11 is -5.44. The van der Waals surface area contributed by atoms with Gasteiger partial charge in [-0.1, -0.05) is 0 Å². The number of hydrogen-bond acceptors (Lipinski definition) is 2. The van der Waals surface area contributed by atoms with Gasteiger partial charge in [-0.15, -0.1) is 0 Å². The van der Waals surface area contributed by atoms with Crippen LogP contribution in [0.15, 0.2) is 142 Å². The fourth-order valence-electron chi connectivity index (χ4n) is 10.2. The molecule has 0 bridgehead atoms. The first kappa shape index (κ1) is 37.8. The van der Waals surface area contributed by atoms with Gasteiger partial charge in [0.15, 0.2) is 0 Å². The second kappa shape index (κ2) is 13.8. The van der Waals surface area contributed by atoms with Crippen molar-refractivity contribution in [3.8, 4) is 22.3 Å². The maximum absolute atomic E-state index is 9.02. The summed E-state index contributed by atoms with van der Waals surface area (Å²) in [5.41, 5.74) is 12.8. The predicted octanol–water partition coefficient (Wildman–Crippen LogP) is 15.9. The van der Waals surface area contributed by atoms with Crippen LogP contribution in [0.25, 0.3) is 67.1 Å². The Morgan fingerprint density at radius 1 is 0.483 bits per heavy atom. The third-order valence-corrected chi connectivity index (χ3v) is 59.3. The van der Waals surface area contributed by atoms with Crippen LogP contribution in [0.3, 0.4) is 0 Å². The zero-order valence-electron chi connectivity index (χ0n) is 33.6. The predicted molar refractivity (Wildman–Crippen MR) is 246 cm³/mol. The van der Waals surface area contributed by atoms with Gasteiger partial charge in [-0.3, -0.25) is 0 Å². The molecule has 2 unspecified atom stereocenters. The van der Waals surface area contributed by atoms with Crippen LogP contribution in [0.2, 0.25) is 13.1 Å². The molecule has 0 radical (unpaired) electrons. The van der Waals surface area contributed by atoms with Gasteiger partial charge < -0.3 is 0 Å². The van der Waals surface area contributed by atoms with Gasteiger partial charge in [-0.2, -0.15) is 0 Å².